The van der Waals surface area contributed by atoms with Crippen LogP contribution in [0.1, 0.15) is 28.9 Å². The number of carbonyl (C=O) groups excluding carboxylic acids is 1. The summed E-state index contributed by atoms with van der Waals surface area (Å²) in [6.07, 6.45) is -3.53. The lowest BCUT2D eigenvalue weighted by atomic mass is 9.89. The average Bonchev–Trinajstić information content (AvgIpc) is 3.40. The number of aromatic nitrogens is 1. The van der Waals surface area contributed by atoms with Crippen molar-refractivity contribution in [3.8, 4) is 0 Å². The molecule has 0 bridgehead atoms. The number of rotatable bonds is 3. The third-order valence-corrected chi connectivity index (χ3v) is 5.65. The zero-order valence-electron chi connectivity index (χ0n) is 20.2. The summed E-state index contributed by atoms with van der Waals surface area (Å²) in [5.41, 5.74) is 1.57. The monoisotopic (exact) mass is 569 g/mol. The average molecular weight is 569 g/mol. The van der Waals surface area contributed by atoms with Gasteiger partial charge in [0, 0.05) is 38.9 Å². The maximum absolute atomic E-state index is 12.4. The van der Waals surface area contributed by atoms with Gasteiger partial charge in [0.2, 0.25) is 0 Å². The molecule has 10 nitrogen and oxygen atoms in total. The van der Waals surface area contributed by atoms with E-state index in [2.05, 4.69) is 16.0 Å². The molecular weight excluding hydrogens is 544 g/mol. The molecule has 2 aliphatic rings. The van der Waals surface area contributed by atoms with Gasteiger partial charge in [-0.3, -0.25) is 14.7 Å². The van der Waals surface area contributed by atoms with E-state index in [1.54, 1.807) is 12.3 Å². The smallest absolute Gasteiger partial charge is 0.475 e. The minimum absolute atomic E-state index is 0.0461. The predicted molar refractivity (Wildman–Crippen MR) is 119 cm³/mol. The van der Waals surface area contributed by atoms with E-state index in [0.29, 0.717) is 5.56 Å². The highest BCUT2D eigenvalue weighted by molar-refractivity contribution is 5.93. The van der Waals surface area contributed by atoms with Crippen molar-refractivity contribution in [1.82, 2.24) is 14.8 Å². The highest BCUT2D eigenvalue weighted by atomic mass is 19.4. The summed E-state index contributed by atoms with van der Waals surface area (Å²) in [6, 6.07) is 7.75. The number of amides is 1. The molecule has 216 valence electrons. The molecule has 4 rings (SSSR count). The number of hydrogen-bond donors (Lipinski definition) is 2. The highest BCUT2D eigenvalue weighted by Gasteiger charge is 2.41. The Morgan fingerprint density at radius 3 is 2.00 bits per heavy atom. The Labute approximate surface area is 217 Å². The number of carbonyl (C=O) groups is 3. The van der Waals surface area contributed by atoms with Gasteiger partial charge in [0.25, 0.3) is 5.91 Å². The van der Waals surface area contributed by atoms with Gasteiger partial charge in [-0.1, -0.05) is 6.07 Å². The summed E-state index contributed by atoms with van der Waals surface area (Å²) in [6.45, 7) is 4.86. The Morgan fingerprint density at radius 2 is 1.54 bits per heavy atom. The summed E-state index contributed by atoms with van der Waals surface area (Å²) < 4.78 is 74.7. The second-order valence-corrected chi connectivity index (χ2v) is 8.47. The van der Waals surface area contributed by atoms with Crippen molar-refractivity contribution >= 4 is 17.8 Å². The van der Waals surface area contributed by atoms with Crippen LogP contribution < -0.4 is 0 Å². The number of carboxylic acid groups (broad SMARTS) is 2. The number of halogens is 6. The molecule has 0 atom stereocenters. The van der Waals surface area contributed by atoms with Crippen LogP contribution in [0.25, 0.3) is 0 Å². The van der Waals surface area contributed by atoms with Crippen LogP contribution in [0, 0.1) is 0 Å². The number of likely N-dealkylation sites (tertiary alicyclic amines) is 1. The standard InChI is InChI=1S/C19H23N3O3.2C2HF3O2/c23-18(16-4-11-24-14-16)22-8-5-19(6-9-22)15-21(10-12-25-19)13-17-3-1-2-7-20-17;2*3-2(4,5)1(6)7/h1-4,7,11,14H,5-6,8-10,12-13,15H2;2*(H,6,7). The highest BCUT2D eigenvalue weighted by Crippen LogP contribution is 2.31. The zero-order chi connectivity index (χ0) is 29.3. The van der Waals surface area contributed by atoms with Crippen molar-refractivity contribution in [1.29, 1.82) is 0 Å². The summed E-state index contributed by atoms with van der Waals surface area (Å²) >= 11 is 0. The molecule has 39 heavy (non-hydrogen) atoms. The lowest BCUT2D eigenvalue weighted by molar-refractivity contribution is -0.193. The Balaban J connectivity index is 0.000000317. The number of piperidine rings is 1. The maximum Gasteiger partial charge on any atom is 0.490 e. The number of ether oxygens (including phenoxy) is 1. The van der Waals surface area contributed by atoms with E-state index >= 15 is 0 Å². The van der Waals surface area contributed by atoms with E-state index in [-0.39, 0.29) is 11.5 Å². The molecule has 4 heterocycles. The predicted octanol–water partition coefficient (Wildman–Crippen LogP) is 3.45. The first-order chi connectivity index (χ1) is 18.1. The van der Waals surface area contributed by atoms with Gasteiger partial charge in [-0.2, -0.15) is 26.3 Å². The maximum atomic E-state index is 12.4. The van der Waals surface area contributed by atoms with Crippen molar-refractivity contribution < 1.29 is 60.1 Å². The molecule has 0 unspecified atom stereocenters. The quantitative estimate of drug-likeness (QED) is 0.534. The minimum Gasteiger partial charge on any atom is -0.475 e. The van der Waals surface area contributed by atoms with E-state index in [9.17, 15) is 31.1 Å². The van der Waals surface area contributed by atoms with E-state index in [0.717, 1.165) is 57.9 Å². The number of carboxylic acids is 2. The second-order valence-electron chi connectivity index (χ2n) is 8.47. The van der Waals surface area contributed by atoms with E-state index in [1.807, 2.05) is 23.2 Å². The largest absolute Gasteiger partial charge is 0.490 e. The number of alkyl halides is 6. The van der Waals surface area contributed by atoms with Crippen LogP contribution in [-0.4, -0.2) is 93.6 Å². The van der Waals surface area contributed by atoms with Crippen molar-refractivity contribution in [3.63, 3.8) is 0 Å². The SMILES string of the molecule is O=C(O)C(F)(F)F.O=C(O)C(F)(F)F.O=C(c1ccoc1)N1CCC2(CC1)CN(Cc1ccccn1)CCO2. The van der Waals surface area contributed by atoms with Gasteiger partial charge in [-0.15, -0.1) is 0 Å². The minimum atomic E-state index is -5.08. The van der Waals surface area contributed by atoms with Gasteiger partial charge < -0.3 is 24.3 Å². The van der Waals surface area contributed by atoms with Crippen molar-refractivity contribution in [2.75, 3.05) is 32.8 Å². The fraction of sp³-hybridized carbons (Fsp3) is 0.478. The molecule has 2 aliphatic heterocycles. The van der Waals surface area contributed by atoms with Crippen LogP contribution in [-0.2, 0) is 20.9 Å². The lowest BCUT2D eigenvalue weighted by Crippen LogP contribution is -2.57. The van der Waals surface area contributed by atoms with Crippen molar-refractivity contribution in [2.45, 2.75) is 37.3 Å². The van der Waals surface area contributed by atoms with Crippen LogP contribution in [0.5, 0.6) is 0 Å². The number of furan rings is 1. The molecule has 2 N–H and O–H groups in total. The third kappa shape index (κ3) is 10.2. The van der Waals surface area contributed by atoms with Crippen LogP contribution in [0.15, 0.2) is 47.4 Å². The third-order valence-electron chi connectivity index (χ3n) is 5.65. The molecule has 16 heteroatoms. The first kappa shape index (κ1) is 31.6. The number of pyridine rings is 1. The number of morpholine rings is 1. The molecule has 2 aromatic rings. The van der Waals surface area contributed by atoms with Gasteiger partial charge in [0.1, 0.15) is 6.26 Å². The normalized spacial score (nSPS) is 17.3. The van der Waals surface area contributed by atoms with Crippen LogP contribution >= 0.6 is 0 Å². The number of hydrogen-bond acceptors (Lipinski definition) is 7. The van der Waals surface area contributed by atoms with Crippen LogP contribution in [0.4, 0.5) is 26.3 Å². The van der Waals surface area contributed by atoms with Crippen molar-refractivity contribution in [3.05, 3.63) is 54.2 Å². The molecule has 2 saturated heterocycles. The van der Waals surface area contributed by atoms with Gasteiger partial charge >= 0.3 is 24.3 Å². The fourth-order valence-corrected chi connectivity index (χ4v) is 3.77. The Kier molecular flexibility index (Phi) is 10.9. The number of nitrogens with zero attached hydrogens (tertiary/aromatic N) is 3. The zero-order valence-corrected chi connectivity index (χ0v) is 20.2. The lowest BCUT2D eigenvalue weighted by Gasteiger charge is -2.47. The molecule has 0 aliphatic carbocycles. The molecule has 0 saturated carbocycles. The van der Waals surface area contributed by atoms with Gasteiger partial charge in [0.15, 0.2) is 0 Å². The van der Waals surface area contributed by atoms with Crippen LogP contribution in [0.2, 0.25) is 0 Å². The van der Waals surface area contributed by atoms with Crippen molar-refractivity contribution in [2.24, 2.45) is 0 Å². The molecule has 0 radical (unpaired) electrons. The fourth-order valence-electron chi connectivity index (χ4n) is 3.77. The summed E-state index contributed by atoms with van der Waals surface area (Å²) in [4.78, 5) is 39.0. The second kappa shape index (κ2) is 13.4. The Morgan fingerprint density at radius 1 is 0.949 bits per heavy atom. The van der Waals surface area contributed by atoms with Crippen LogP contribution in [0.3, 0.4) is 0 Å². The summed E-state index contributed by atoms with van der Waals surface area (Å²) in [5, 5.41) is 14.2. The molecule has 2 fully saturated rings. The molecular formula is C23H25F6N3O7. The molecule has 1 amide bonds. The topological polar surface area (TPSA) is 133 Å². The molecule has 2 aromatic heterocycles. The summed E-state index contributed by atoms with van der Waals surface area (Å²) in [5.74, 6) is -5.47. The van der Waals surface area contributed by atoms with E-state index in [4.69, 9.17) is 29.0 Å². The van der Waals surface area contributed by atoms with Gasteiger partial charge in [-0.05, 0) is 31.0 Å². The van der Waals surface area contributed by atoms with E-state index in [1.165, 1.54) is 6.26 Å². The number of aliphatic carboxylic acids is 2. The Hall–Kier alpha value is -3.66. The molecule has 1 spiro atoms. The Bertz CT molecular complexity index is 1050. The van der Waals surface area contributed by atoms with Gasteiger partial charge in [0.05, 0.1) is 29.7 Å². The molecule has 0 aromatic carbocycles. The van der Waals surface area contributed by atoms with E-state index < -0.39 is 24.3 Å². The van der Waals surface area contributed by atoms with Gasteiger partial charge in [-0.25, -0.2) is 9.59 Å². The first-order valence-corrected chi connectivity index (χ1v) is 11.3. The first-order valence-electron chi connectivity index (χ1n) is 11.3. The summed E-state index contributed by atoms with van der Waals surface area (Å²) in [7, 11) is 0.